The summed E-state index contributed by atoms with van der Waals surface area (Å²) in [7, 11) is 0.784. The van der Waals surface area contributed by atoms with Crippen LogP contribution in [-0.4, -0.2) is 47.6 Å². The monoisotopic (exact) mass is 412 g/mol. The van der Waals surface area contributed by atoms with Gasteiger partial charge in [0.2, 0.25) is 0 Å². The van der Waals surface area contributed by atoms with E-state index in [-0.39, 0.29) is 0 Å². The number of sulfone groups is 1. The molecule has 2 aliphatic heterocycles. The van der Waals surface area contributed by atoms with Gasteiger partial charge in [-0.2, -0.15) is 0 Å². The maximum Gasteiger partial charge on any atom is 0.175 e. The lowest BCUT2D eigenvalue weighted by Gasteiger charge is -2.39. The first-order valence-corrected chi connectivity index (χ1v) is 11.7. The van der Waals surface area contributed by atoms with Gasteiger partial charge < -0.3 is 14.5 Å². The summed E-state index contributed by atoms with van der Waals surface area (Å²) in [5.41, 5.74) is 3.27. The number of benzene rings is 2. The molecule has 0 radical (unpaired) electrons. The number of rotatable bonds is 4. The van der Waals surface area contributed by atoms with Crippen LogP contribution in [0.5, 0.6) is 0 Å². The highest BCUT2D eigenvalue weighted by molar-refractivity contribution is 7.90. The quantitative estimate of drug-likeness (QED) is 0.767. The molecule has 0 saturated carbocycles. The first-order chi connectivity index (χ1) is 13.6. The Morgan fingerprint density at radius 3 is 2.41 bits per heavy atom. The Morgan fingerprint density at radius 1 is 1.10 bits per heavy atom. The van der Waals surface area contributed by atoms with Crippen LogP contribution in [0.2, 0.25) is 0 Å². The van der Waals surface area contributed by atoms with Crippen molar-refractivity contribution in [2.24, 2.45) is 0 Å². The van der Waals surface area contributed by atoms with Crippen LogP contribution in [0.1, 0.15) is 25.0 Å². The summed E-state index contributed by atoms with van der Waals surface area (Å²) in [6.45, 7) is 5.67. The van der Waals surface area contributed by atoms with Crippen LogP contribution < -0.4 is 9.80 Å². The van der Waals surface area contributed by atoms with Crippen molar-refractivity contribution in [2.75, 3.05) is 43.3 Å². The Kier molecular flexibility index (Phi) is 4.55. The van der Waals surface area contributed by atoms with Crippen LogP contribution in [0, 0.1) is 0 Å². The van der Waals surface area contributed by atoms with E-state index >= 15 is 0 Å². The molecule has 2 aromatic rings. The predicted octanol–water partition coefficient (Wildman–Crippen LogP) is 3.69. The molecule has 0 unspecified atom stereocenters. The normalized spacial score (nSPS) is 22.7. The summed E-state index contributed by atoms with van der Waals surface area (Å²) in [6, 6.07) is 13.8. The van der Waals surface area contributed by atoms with Crippen molar-refractivity contribution >= 4 is 27.3 Å². The summed E-state index contributed by atoms with van der Waals surface area (Å²) in [5, 5.41) is 0. The van der Waals surface area contributed by atoms with Gasteiger partial charge in [-0.05, 0) is 47.5 Å². The van der Waals surface area contributed by atoms with E-state index in [9.17, 15) is 8.42 Å². The first kappa shape index (κ1) is 20.0. The molecule has 0 N–H and O–H groups in total. The molecule has 6 heteroatoms. The average Bonchev–Trinajstić information content (AvgIpc) is 3.17. The summed E-state index contributed by atoms with van der Waals surface area (Å²) in [4.78, 5) is 4.69. The molecule has 0 aromatic heterocycles. The summed E-state index contributed by atoms with van der Waals surface area (Å²) in [6.07, 6.45) is 5.48. The molecule has 2 aromatic carbocycles. The molecule has 1 saturated heterocycles. The van der Waals surface area contributed by atoms with E-state index < -0.39 is 21.0 Å². The zero-order valence-corrected chi connectivity index (χ0v) is 18.5. The van der Waals surface area contributed by atoms with E-state index in [1.807, 2.05) is 26.2 Å². The molecule has 2 heterocycles. The van der Waals surface area contributed by atoms with Crippen LogP contribution in [0.3, 0.4) is 0 Å². The fourth-order valence-corrected chi connectivity index (χ4v) is 5.11. The van der Waals surface area contributed by atoms with Crippen molar-refractivity contribution in [1.29, 1.82) is 0 Å². The SMILES string of the molecule is CN(C)c1ccc(/C=C/[C@@]23OCCN2c2ccc(S(C)(=O)=O)cc2C3(C)C)cc1. The van der Waals surface area contributed by atoms with Gasteiger partial charge in [0.25, 0.3) is 0 Å². The van der Waals surface area contributed by atoms with Gasteiger partial charge in [-0.1, -0.05) is 32.1 Å². The van der Waals surface area contributed by atoms with E-state index in [1.165, 1.54) is 6.26 Å². The molecule has 154 valence electrons. The van der Waals surface area contributed by atoms with Crippen LogP contribution >= 0.6 is 0 Å². The fourth-order valence-electron chi connectivity index (χ4n) is 4.47. The second-order valence-electron chi connectivity index (χ2n) is 8.59. The molecule has 0 bridgehead atoms. The molecule has 29 heavy (non-hydrogen) atoms. The van der Waals surface area contributed by atoms with Gasteiger partial charge in [0, 0.05) is 43.7 Å². The molecule has 5 nitrogen and oxygen atoms in total. The first-order valence-electron chi connectivity index (χ1n) is 9.79. The number of fused-ring (bicyclic) bond motifs is 3. The minimum absolute atomic E-state index is 0.351. The molecule has 2 aliphatic rings. The van der Waals surface area contributed by atoms with Crippen molar-refractivity contribution in [3.05, 3.63) is 59.7 Å². The largest absolute Gasteiger partial charge is 0.378 e. The number of ether oxygens (including phenoxy) is 1. The van der Waals surface area contributed by atoms with Gasteiger partial charge in [0.05, 0.1) is 11.5 Å². The second kappa shape index (κ2) is 6.61. The molecule has 0 aliphatic carbocycles. The zero-order chi connectivity index (χ0) is 21.0. The third-order valence-electron chi connectivity index (χ3n) is 6.20. The Balaban J connectivity index is 1.76. The lowest BCUT2D eigenvalue weighted by Crippen LogP contribution is -2.51. The summed E-state index contributed by atoms with van der Waals surface area (Å²) in [5.74, 6) is 0. The van der Waals surface area contributed by atoms with E-state index in [1.54, 1.807) is 6.07 Å². The Morgan fingerprint density at radius 2 is 1.79 bits per heavy atom. The smallest absolute Gasteiger partial charge is 0.175 e. The Bertz CT molecular complexity index is 1070. The van der Waals surface area contributed by atoms with Crippen molar-refractivity contribution < 1.29 is 13.2 Å². The number of nitrogens with zero attached hydrogens (tertiary/aromatic N) is 2. The van der Waals surface area contributed by atoms with E-state index in [2.05, 4.69) is 60.1 Å². The predicted molar refractivity (Wildman–Crippen MR) is 118 cm³/mol. The van der Waals surface area contributed by atoms with Gasteiger partial charge in [-0.15, -0.1) is 0 Å². The van der Waals surface area contributed by atoms with Crippen molar-refractivity contribution in [3.63, 3.8) is 0 Å². The van der Waals surface area contributed by atoms with E-state index in [0.717, 1.165) is 29.0 Å². The van der Waals surface area contributed by atoms with E-state index in [0.29, 0.717) is 11.5 Å². The van der Waals surface area contributed by atoms with Crippen LogP contribution in [-0.2, 0) is 20.0 Å². The highest BCUT2D eigenvalue weighted by Gasteiger charge is 2.59. The number of hydrogen-bond donors (Lipinski definition) is 0. The van der Waals surface area contributed by atoms with Crippen molar-refractivity contribution in [3.8, 4) is 0 Å². The van der Waals surface area contributed by atoms with Crippen LogP contribution in [0.25, 0.3) is 6.08 Å². The summed E-state index contributed by atoms with van der Waals surface area (Å²) < 4.78 is 30.5. The topological polar surface area (TPSA) is 49.9 Å². The van der Waals surface area contributed by atoms with Gasteiger partial charge in [0.15, 0.2) is 15.6 Å². The molecule has 0 spiro atoms. The molecule has 1 atom stereocenters. The van der Waals surface area contributed by atoms with Gasteiger partial charge in [-0.25, -0.2) is 8.42 Å². The molecule has 4 rings (SSSR count). The summed E-state index contributed by atoms with van der Waals surface area (Å²) >= 11 is 0. The van der Waals surface area contributed by atoms with Crippen LogP contribution in [0.15, 0.2) is 53.4 Å². The molecule has 0 amide bonds. The molecular formula is C23H28N2O3S. The van der Waals surface area contributed by atoms with Crippen LogP contribution in [0.4, 0.5) is 11.4 Å². The zero-order valence-electron chi connectivity index (χ0n) is 17.6. The average molecular weight is 413 g/mol. The fraction of sp³-hybridized carbons (Fsp3) is 0.391. The van der Waals surface area contributed by atoms with Crippen molar-refractivity contribution in [1.82, 2.24) is 0 Å². The maximum absolute atomic E-state index is 12.1. The molecule has 1 fully saturated rings. The lowest BCUT2D eigenvalue weighted by molar-refractivity contribution is 0.000294. The van der Waals surface area contributed by atoms with E-state index in [4.69, 9.17) is 4.74 Å². The Hall–Kier alpha value is -2.31. The number of hydrogen-bond acceptors (Lipinski definition) is 5. The van der Waals surface area contributed by atoms with Gasteiger partial charge in [0.1, 0.15) is 0 Å². The minimum Gasteiger partial charge on any atom is -0.378 e. The second-order valence-corrected chi connectivity index (χ2v) is 10.6. The number of anilines is 2. The highest BCUT2D eigenvalue weighted by Crippen LogP contribution is 2.55. The third-order valence-corrected chi connectivity index (χ3v) is 7.32. The maximum atomic E-state index is 12.1. The van der Waals surface area contributed by atoms with Crippen molar-refractivity contribution in [2.45, 2.75) is 29.9 Å². The van der Waals surface area contributed by atoms with Gasteiger partial charge >= 0.3 is 0 Å². The highest BCUT2D eigenvalue weighted by atomic mass is 32.2. The Labute approximate surface area is 173 Å². The van der Waals surface area contributed by atoms with Gasteiger partial charge in [-0.3, -0.25) is 0 Å². The minimum atomic E-state index is -3.27. The molecular weight excluding hydrogens is 384 g/mol. The standard InChI is InChI=1S/C23H28N2O3S/c1-22(2)20-16-19(29(5,26)27)10-11-21(20)25-14-15-28-23(22,25)13-12-17-6-8-18(9-7-17)24(3)4/h6-13,16H,14-15H2,1-5H3/b13-12+/t23-/m0/s1. The third kappa shape index (κ3) is 3.06. The lowest BCUT2D eigenvalue weighted by atomic mass is 9.77.